The second-order valence-electron chi connectivity index (χ2n) is 7.59. The second kappa shape index (κ2) is 14.6. The van der Waals surface area contributed by atoms with Gasteiger partial charge in [-0.3, -0.25) is 4.79 Å². The number of alkyl halides is 3. The van der Waals surface area contributed by atoms with Gasteiger partial charge in [0.1, 0.15) is 29.5 Å². The van der Waals surface area contributed by atoms with Crippen molar-refractivity contribution in [2.75, 3.05) is 0 Å². The molecule has 0 fully saturated rings. The van der Waals surface area contributed by atoms with Crippen LogP contribution in [0.1, 0.15) is 84.1 Å². The fourth-order valence-corrected chi connectivity index (χ4v) is 3.38. The topological polar surface area (TPSA) is 55.8 Å². The van der Waals surface area contributed by atoms with E-state index < -0.39 is 35.5 Å². The lowest BCUT2D eigenvalue weighted by Crippen LogP contribution is -2.25. The molecule has 1 heterocycles. The van der Waals surface area contributed by atoms with Gasteiger partial charge in [-0.25, -0.2) is 4.39 Å². The van der Waals surface area contributed by atoms with Crippen LogP contribution in [-0.2, 0) is 30.4 Å². The third kappa shape index (κ3) is 9.78. The average Bonchev–Trinajstić information content (AvgIpc) is 3.13. The van der Waals surface area contributed by atoms with E-state index in [2.05, 4.69) is 0 Å². The fraction of sp³-hybridized carbons (Fsp3) is 0.519. The Morgan fingerprint density at radius 3 is 2.17 bits per heavy atom. The van der Waals surface area contributed by atoms with Gasteiger partial charge < -0.3 is 14.6 Å². The minimum atomic E-state index is -4.65. The minimum Gasteiger partial charge on any atom is -0.489 e. The molecule has 0 aromatic heterocycles. The van der Waals surface area contributed by atoms with E-state index in [9.17, 15) is 22.4 Å². The van der Waals surface area contributed by atoms with Gasteiger partial charge in [0, 0.05) is 24.0 Å². The number of aliphatic carboxylic acids is 1. The Labute approximate surface area is 206 Å². The molecule has 198 valence electrons. The molecule has 0 radical (unpaired) electrons. The lowest BCUT2D eigenvalue weighted by molar-refractivity contribution is -0.140. The quantitative estimate of drug-likeness (QED) is 0.404. The molecular formula is C27H38F4O4. The third-order valence-corrected chi connectivity index (χ3v) is 4.59. The Morgan fingerprint density at radius 2 is 1.63 bits per heavy atom. The van der Waals surface area contributed by atoms with Gasteiger partial charge in [-0.2, -0.15) is 13.2 Å². The molecule has 0 spiro atoms. The van der Waals surface area contributed by atoms with Crippen LogP contribution < -0.4 is 9.47 Å². The van der Waals surface area contributed by atoms with E-state index in [4.69, 9.17) is 14.6 Å². The van der Waals surface area contributed by atoms with Gasteiger partial charge in [0.15, 0.2) is 0 Å². The Morgan fingerprint density at radius 1 is 1.03 bits per heavy atom. The molecule has 2 aromatic carbocycles. The molecule has 1 N–H and O–H groups in total. The number of hydrogen-bond donors (Lipinski definition) is 1. The zero-order valence-electron chi connectivity index (χ0n) is 21.9. The van der Waals surface area contributed by atoms with Gasteiger partial charge in [-0.05, 0) is 50.1 Å². The number of carboxylic acid groups (broad SMARTS) is 1. The lowest BCUT2D eigenvalue weighted by atomic mass is 10.0. The highest BCUT2D eigenvalue weighted by Gasteiger charge is 2.34. The van der Waals surface area contributed by atoms with Gasteiger partial charge in [0.25, 0.3) is 0 Å². The first-order valence-electron chi connectivity index (χ1n) is 12.0. The molecule has 0 atom stereocenters. The van der Waals surface area contributed by atoms with E-state index in [1.807, 2.05) is 55.4 Å². The van der Waals surface area contributed by atoms with Gasteiger partial charge in [-0.15, -0.1) is 0 Å². The number of aryl methyl sites for hydroxylation is 1. The van der Waals surface area contributed by atoms with E-state index in [1.54, 1.807) is 0 Å². The molecule has 3 rings (SSSR count). The molecule has 2 aromatic rings. The van der Waals surface area contributed by atoms with Crippen molar-refractivity contribution in [2.24, 2.45) is 0 Å². The van der Waals surface area contributed by atoms with Crippen LogP contribution in [0.5, 0.6) is 11.5 Å². The zero-order chi connectivity index (χ0) is 27.4. The van der Waals surface area contributed by atoms with Crippen molar-refractivity contribution in [1.29, 1.82) is 0 Å². The number of carboxylic acids is 1. The van der Waals surface area contributed by atoms with Crippen molar-refractivity contribution < 1.29 is 36.9 Å². The molecule has 1 aliphatic rings. The predicted molar refractivity (Wildman–Crippen MR) is 131 cm³/mol. The van der Waals surface area contributed by atoms with Crippen molar-refractivity contribution >= 4 is 5.97 Å². The molecule has 4 nitrogen and oxygen atoms in total. The molecule has 0 saturated heterocycles. The maximum absolute atomic E-state index is 13.9. The highest BCUT2D eigenvalue weighted by molar-refractivity contribution is 5.67. The Kier molecular flexibility index (Phi) is 13.4. The van der Waals surface area contributed by atoms with Gasteiger partial charge in [0.05, 0.1) is 5.56 Å². The van der Waals surface area contributed by atoms with Gasteiger partial charge in [0.2, 0.25) is 0 Å². The maximum atomic E-state index is 13.9. The largest absolute Gasteiger partial charge is 0.489 e. The summed E-state index contributed by atoms with van der Waals surface area (Å²) in [6, 6.07) is 6.01. The number of halogens is 4. The standard InChI is InChI=1S/C21H20F4O4.3C2H6/c1-20(2)10-13-7-15(22)8-14(19(13)29-20)11-28-16-5-3-12(4-6-18(26)27)17(9-16)21(23,24)25;3*1-2/h3,5,7-9H,4,6,10-11H2,1-2H3,(H,26,27);3*1-2H3. The number of ether oxygens (including phenoxy) is 2. The summed E-state index contributed by atoms with van der Waals surface area (Å²) in [5.74, 6) is -1.21. The Balaban J connectivity index is 0.00000179. The highest BCUT2D eigenvalue weighted by atomic mass is 19.4. The van der Waals surface area contributed by atoms with Crippen LogP contribution >= 0.6 is 0 Å². The summed E-state index contributed by atoms with van der Waals surface area (Å²) in [4.78, 5) is 10.7. The molecule has 35 heavy (non-hydrogen) atoms. The van der Waals surface area contributed by atoms with Crippen LogP contribution in [0, 0.1) is 5.82 Å². The van der Waals surface area contributed by atoms with Crippen LogP contribution in [0.3, 0.4) is 0 Å². The lowest BCUT2D eigenvalue weighted by Gasteiger charge is -2.19. The summed E-state index contributed by atoms with van der Waals surface area (Å²) in [7, 11) is 0. The molecule has 0 amide bonds. The van der Waals surface area contributed by atoms with E-state index in [0.717, 1.165) is 6.07 Å². The SMILES string of the molecule is CC.CC.CC.CC1(C)Cc2cc(F)cc(COc3ccc(CCC(=O)O)c(C(F)(F)F)c3)c2O1. The summed E-state index contributed by atoms with van der Waals surface area (Å²) in [5, 5.41) is 8.72. The number of benzene rings is 2. The van der Waals surface area contributed by atoms with Crippen molar-refractivity contribution in [3.63, 3.8) is 0 Å². The van der Waals surface area contributed by atoms with Gasteiger partial charge >= 0.3 is 12.1 Å². The average molecular weight is 503 g/mol. The highest BCUT2D eigenvalue weighted by Crippen LogP contribution is 2.39. The van der Waals surface area contributed by atoms with Crippen molar-refractivity contribution in [1.82, 2.24) is 0 Å². The minimum absolute atomic E-state index is 0.0494. The Hall–Kier alpha value is -2.77. The summed E-state index contributed by atoms with van der Waals surface area (Å²) in [6.45, 7) is 15.6. The van der Waals surface area contributed by atoms with Crippen molar-refractivity contribution in [2.45, 2.75) is 93.0 Å². The molecule has 0 saturated carbocycles. The van der Waals surface area contributed by atoms with Gasteiger partial charge in [-0.1, -0.05) is 47.6 Å². The van der Waals surface area contributed by atoms with E-state index in [1.165, 1.54) is 24.3 Å². The van der Waals surface area contributed by atoms with Crippen LogP contribution in [-0.4, -0.2) is 16.7 Å². The molecule has 1 aliphatic heterocycles. The van der Waals surface area contributed by atoms with Crippen LogP contribution in [0.4, 0.5) is 17.6 Å². The van der Waals surface area contributed by atoms with Crippen LogP contribution in [0.15, 0.2) is 30.3 Å². The predicted octanol–water partition coefficient (Wildman–Crippen LogP) is 8.23. The number of carbonyl (C=O) groups is 1. The molecule has 0 aliphatic carbocycles. The maximum Gasteiger partial charge on any atom is 0.416 e. The number of hydrogen-bond acceptors (Lipinski definition) is 3. The first-order chi connectivity index (χ1) is 16.4. The first-order valence-corrected chi connectivity index (χ1v) is 12.0. The van der Waals surface area contributed by atoms with Crippen molar-refractivity contribution in [3.8, 4) is 11.5 Å². The molecule has 8 heteroatoms. The molecule has 0 unspecified atom stereocenters. The zero-order valence-corrected chi connectivity index (χ0v) is 21.9. The van der Waals surface area contributed by atoms with Crippen molar-refractivity contribution in [3.05, 3.63) is 58.4 Å². The van der Waals surface area contributed by atoms with E-state index in [0.29, 0.717) is 23.3 Å². The van der Waals surface area contributed by atoms with E-state index >= 15 is 0 Å². The van der Waals surface area contributed by atoms with Crippen LogP contribution in [0.25, 0.3) is 0 Å². The van der Waals surface area contributed by atoms with Crippen LogP contribution in [0.2, 0.25) is 0 Å². The summed E-state index contributed by atoms with van der Waals surface area (Å²) in [5.41, 5.74) is -0.468. The second-order valence-corrected chi connectivity index (χ2v) is 7.59. The molecule has 0 bridgehead atoms. The normalized spacial score (nSPS) is 12.9. The molecular weight excluding hydrogens is 464 g/mol. The summed E-state index contributed by atoms with van der Waals surface area (Å²) >= 11 is 0. The van der Waals surface area contributed by atoms with E-state index in [-0.39, 0.29) is 24.3 Å². The smallest absolute Gasteiger partial charge is 0.416 e. The Bertz CT molecular complexity index is 938. The first kappa shape index (κ1) is 32.2. The fourth-order valence-electron chi connectivity index (χ4n) is 3.38. The summed E-state index contributed by atoms with van der Waals surface area (Å²) in [6.07, 6.45) is -4.79. The third-order valence-electron chi connectivity index (χ3n) is 4.59. The summed E-state index contributed by atoms with van der Waals surface area (Å²) < 4.78 is 65.3. The number of fused-ring (bicyclic) bond motifs is 1. The monoisotopic (exact) mass is 502 g/mol. The number of rotatable bonds is 6.